The zero-order valence-electron chi connectivity index (χ0n) is 13.2. The Morgan fingerprint density at radius 2 is 1.85 bits per heavy atom. The van der Waals surface area contributed by atoms with E-state index < -0.39 is 0 Å². The predicted molar refractivity (Wildman–Crippen MR) is 79.1 cm³/mol. The third kappa shape index (κ3) is 3.15. The first-order valence-electron chi connectivity index (χ1n) is 8.08. The third-order valence-corrected chi connectivity index (χ3v) is 4.57. The fraction of sp³-hybridized carbons (Fsp3) is 0.875. The Balaban J connectivity index is 2.10. The second-order valence-corrected chi connectivity index (χ2v) is 6.81. The van der Waals surface area contributed by atoms with E-state index in [1.807, 2.05) is 11.8 Å². The molecule has 2 aliphatic rings. The summed E-state index contributed by atoms with van der Waals surface area (Å²) in [5.41, 5.74) is 0. The van der Waals surface area contributed by atoms with E-state index >= 15 is 0 Å². The van der Waals surface area contributed by atoms with E-state index in [4.69, 9.17) is 0 Å². The van der Waals surface area contributed by atoms with Crippen LogP contribution in [-0.2, 0) is 9.59 Å². The maximum absolute atomic E-state index is 12.7. The van der Waals surface area contributed by atoms with Crippen LogP contribution in [0.25, 0.3) is 0 Å². The molecule has 1 aliphatic carbocycles. The molecule has 2 fully saturated rings. The lowest BCUT2D eigenvalue weighted by molar-refractivity contribution is -0.152. The first-order valence-corrected chi connectivity index (χ1v) is 8.08. The molecule has 0 bridgehead atoms. The van der Waals surface area contributed by atoms with Crippen molar-refractivity contribution in [2.45, 2.75) is 77.9 Å². The van der Waals surface area contributed by atoms with Crippen molar-refractivity contribution in [3.63, 3.8) is 0 Å². The highest BCUT2D eigenvalue weighted by atomic mass is 16.2. The van der Waals surface area contributed by atoms with Gasteiger partial charge in [0.25, 0.3) is 0 Å². The van der Waals surface area contributed by atoms with Crippen LogP contribution < -0.4 is 5.32 Å². The Labute approximate surface area is 122 Å². The summed E-state index contributed by atoms with van der Waals surface area (Å²) in [6.45, 7) is 8.46. The van der Waals surface area contributed by atoms with Crippen molar-refractivity contribution in [3.8, 4) is 0 Å². The maximum Gasteiger partial charge on any atom is 0.246 e. The molecule has 1 N–H and O–H groups in total. The molecule has 4 nitrogen and oxygen atoms in total. The highest BCUT2D eigenvalue weighted by molar-refractivity contribution is 5.97. The van der Waals surface area contributed by atoms with Gasteiger partial charge in [0, 0.05) is 6.04 Å². The molecule has 0 aromatic rings. The standard InChI is InChI=1S/C16H28N2O2/c1-5-13-15(19)17-14(12-8-9-12)16(20)18(13)11(4)7-6-10(2)3/h10-14H,5-9H2,1-4H3,(H,17,19). The molecule has 0 spiro atoms. The predicted octanol–water partition coefficient (Wildman–Crippen LogP) is 2.33. The minimum absolute atomic E-state index is 0.0420. The van der Waals surface area contributed by atoms with Gasteiger partial charge in [-0.05, 0) is 50.9 Å². The van der Waals surface area contributed by atoms with Gasteiger partial charge in [0.1, 0.15) is 12.1 Å². The zero-order chi connectivity index (χ0) is 14.9. The molecule has 114 valence electrons. The number of nitrogens with zero attached hydrogens (tertiary/aromatic N) is 1. The molecule has 2 rings (SSSR count). The Morgan fingerprint density at radius 3 is 2.35 bits per heavy atom. The van der Waals surface area contributed by atoms with Crippen molar-refractivity contribution in [2.75, 3.05) is 0 Å². The second kappa shape index (κ2) is 6.15. The molecular formula is C16H28N2O2. The number of nitrogens with one attached hydrogen (secondary N) is 1. The summed E-state index contributed by atoms with van der Waals surface area (Å²) in [5.74, 6) is 1.20. The van der Waals surface area contributed by atoms with Crippen molar-refractivity contribution in [1.29, 1.82) is 0 Å². The number of carbonyl (C=O) groups excluding carboxylic acids is 2. The zero-order valence-corrected chi connectivity index (χ0v) is 13.2. The minimum Gasteiger partial charge on any atom is -0.342 e. The highest BCUT2D eigenvalue weighted by Crippen LogP contribution is 2.36. The molecule has 3 unspecified atom stereocenters. The molecule has 4 heteroatoms. The number of carbonyl (C=O) groups is 2. The Kier molecular flexibility index (Phi) is 4.71. The molecule has 20 heavy (non-hydrogen) atoms. The summed E-state index contributed by atoms with van der Waals surface area (Å²) in [5, 5.41) is 2.95. The molecule has 3 atom stereocenters. The van der Waals surface area contributed by atoms with E-state index in [0.29, 0.717) is 18.3 Å². The summed E-state index contributed by atoms with van der Waals surface area (Å²) in [6, 6.07) is -0.381. The quantitative estimate of drug-likeness (QED) is 0.812. The van der Waals surface area contributed by atoms with Gasteiger partial charge in [0.15, 0.2) is 0 Å². The van der Waals surface area contributed by atoms with E-state index in [9.17, 15) is 9.59 Å². The second-order valence-electron chi connectivity index (χ2n) is 6.81. The first-order chi connectivity index (χ1) is 9.45. The van der Waals surface area contributed by atoms with Gasteiger partial charge in [-0.2, -0.15) is 0 Å². The number of rotatable bonds is 6. The van der Waals surface area contributed by atoms with Crippen LogP contribution >= 0.6 is 0 Å². The smallest absolute Gasteiger partial charge is 0.246 e. The van der Waals surface area contributed by atoms with E-state index in [2.05, 4.69) is 26.1 Å². The van der Waals surface area contributed by atoms with Crippen LogP contribution in [0.4, 0.5) is 0 Å². The van der Waals surface area contributed by atoms with Crippen molar-refractivity contribution in [1.82, 2.24) is 10.2 Å². The summed E-state index contributed by atoms with van der Waals surface area (Å²) in [6.07, 6.45) is 4.91. The van der Waals surface area contributed by atoms with Crippen molar-refractivity contribution < 1.29 is 9.59 Å². The Bertz CT molecular complexity index is 377. The molecule has 0 aromatic carbocycles. The SMILES string of the molecule is CCC1C(=O)NC(C2CC2)C(=O)N1C(C)CCC(C)C. The van der Waals surface area contributed by atoms with Gasteiger partial charge in [-0.1, -0.05) is 20.8 Å². The number of amides is 2. The highest BCUT2D eigenvalue weighted by Gasteiger charge is 2.47. The molecule has 1 saturated heterocycles. The fourth-order valence-corrected chi connectivity index (χ4v) is 3.12. The normalized spacial score (nSPS) is 28.8. The summed E-state index contributed by atoms with van der Waals surface area (Å²) >= 11 is 0. The van der Waals surface area contributed by atoms with E-state index in [1.54, 1.807) is 0 Å². The molecule has 1 aliphatic heterocycles. The summed E-state index contributed by atoms with van der Waals surface area (Å²) < 4.78 is 0. The van der Waals surface area contributed by atoms with Gasteiger partial charge in [-0.3, -0.25) is 9.59 Å². The molecule has 0 radical (unpaired) electrons. The lowest BCUT2D eigenvalue weighted by Gasteiger charge is -2.42. The van der Waals surface area contributed by atoms with Gasteiger partial charge in [-0.15, -0.1) is 0 Å². The van der Waals surface area contributed by atoms with Crippen LogP contribution in [0.1, 0.15) is 59.8 Å². The average Bonchev–Trinajstić information content (AvgIpc) is 3.21. The van der Waals surface area contributed by atoms with Crippen LogP contribution in [0.5, 0.6) is 0 Å². The van der Waals surface area contributed by atoms with Crippen LogP contribution in [0, 0.1) is 11.8 Å². The Hall–Kier alpha value is -1.06. The molecule has 1 saturated carbocycles. The molecule has 0 aromatic heterocycles. The van der Waals surface area contributed by atoms with Crippen LogP contribution in [0.2, 0.25) is 0 Å². The van der Waals surface area contributed by atoms with Gasteiger partial charge in [0.05, 0.1) is 0 Å². The van der Waals surface area contributed by atoms with Crippen molar-refractivity contribution in [2.24, 2.45) is 11.8 Å². The third-order valence-electron chi connectivity index (χ3n) is 4.57. The fourth-order valence-electron chi connectivity index (χ4n) is 3.12. The first kappa shape index (κ1) is 15.3. The van der Waals surface area contributed by atoms with Crippen molar-refractivity contribution in [3.05, 3.63) is 0 Å². The molecule has 2 amide bonds. The molecule has 1 heterocycles. The van der Waals surface area contributed by atoms with Crippen LogP contribution in [0.3, 0.4) is 0 Å². The minimum atomic E-state index is -0.278. The lowest BCUT2D eigenvalue weighted by atomic mass is 9.96. The van der Waals surface area contributed by atoms with Gasteiger partial charge >= 0.3 is 0 Å². The van der Waals surface area contributed by atoms with Crippen LogP contribution in [-0.4, -0.2) is 34.8 Å². The Morgan fingerprint density at radius 1 is 1.20 bits per heavy atom. The summed E-state index contributed by atoms with van der Waals surface area (Å²) in [7, 11) is 0. The van der Waals surface area contributed by atoms with Gasteiger partial charge in [0.2, 0.25) is 11.8 Å². The van der Waals surface area contributed by atoms with Crippen LogP contribution in [0.15, 0.2) is 0 Å². The van der Waals surface area contributed by atoms with E-state index in [-0.39, 0.29) is 29.9 Å². The monoisotopic (exact) mass is 280 g/mol. The topological polar surface area (TPSA) is 49.4 Å². The average molecular weight is 280 g/mol. The largest absolute Gasteiger partial charge is 0.342 e. The number of hydrogen-bond acceptors (Lipinski definition) is 2. The maximum atomic E-state index is 12.7. The van der Waals surface area contributed by atoms with Gasteiger partial charge in [-0.25, -0.2) is 0 Å². The summed E-state index contributed by atoms with van der Waals surface area (Å²) in [4.78, 5) is 26.9. The van der Waals surface area contributed by atoms with E-state index in [1.165, 1.54) is 0 Å². The van der Waals surface area contributed by atoms with E-state index in [0.717, 1.165) is 25.7 Å². The molecular weight excluding hydrogens is 252 g/mol. The lowest BCUT2D eigenvalue weighted by Crippen LogP contribution is -2.65. The number of piperazine rings is 1. The number of hydrogen-bond donors (Lipinski definition) is 1. The van der Waals surface area contributed by atoms with Crippen molar-refractivity contribution >= 4 is 11.8 Å². The van der Waals surface area contributed by atoms with Gasteiger partial charge < -0.3 is 10.2 Å².